The van der Waals surface area contributed by atoms with Crippen LogP contribution in [0.3, 0.4) is 0 Å². The molecule has 6 nitrogen and oxygen atoms in total. The molecule has 2 N–H and O–H groups in total. The zero-order valence-electron chi connectivity index (χ0n) is 14.6. The molecule has 2 heterocycles. The summed E-state index contributed by atoms with van der Waals surface area (Å²) in [5.41, 5.74) is 3.19. The third kappa shape index (κ3) is 2.94. The number of aromatic nitrogens is 4. The van der Waals surface area contributed by atoms with Crippen molar-refractivity contribution in [3.05, 3.63) is 48.8 Å². The minimum Gasteiger partial charge on any atom is -0.341 e. The summed E-state index contributed by atoms with van der Waals surface area (Å²) in [6.07, 6.45) is 1.43. The zero-order chi connectivity index (χ0) is 18.1. The van der Waals surface area contributed by atoms with Crippen molar-refractivity contribution in [1.82, 2.24) is 19.7 Å². The minimum absolute atomic E-state index is 0.0648. The first kappa shape index (κ1) is 16.7. The van der Waals surface area contributed by atoms with E-state index in [9.17, 15) is 4.79 Å². The predicted molar refractivity (Wildman–Crippen MR) is 105 cm³/mol. The summed E-state index contributed by atoms with van der Waals surface area (Å²) in [5, 5.41) is 12.3. The van der Waals surface area contributed by atoms with Crippen LogP contribution >= 0.6 is 11.8 Å². The van der Waals surface area contributed by atoms with E-state index >= 15 is 0 Å². The first-order valence-corrected chi connectivity index (χ1v) is 9.39. The monoisotopic (exact) mass is 365 g/mol. The smallest absolute Gasteiger partial charge is 0.237 e. The van der Waals surface area contributed by atoms with Crippen molar-refractivity contribution in [3.63, 3.8) is 0 Å². The third-order valence-electron chi connectivity index (χ3n) is 4.41. The summed E-state index contributed by atoms with van der Waals surface area (Å²) in [6, 6.07) is 14.4. The second kappa shape index (κ2) is 6.84. The van der Waals surface area contributed by atoms with Gasteiger partial charge >= 0.3 is 0 Å². The van der Waals surface area contributed by atoms with Gasteiger partial charge in [0.25, 0.3) is 0 Å². The lowest BCUT2D eigenvalue weighted by Crippen LogP contribution is -2.22. The second-order valence-electron chi connectivity index (χ2n) is 6.03. The standard InChI is InChI=1S/C19H19N5OS/c1-3-24-16-7-5-4-6-14(16)15-10-13(8-9-17(15)24)22-18(25)12(2)26-19-20-11-21-23-19/h4-12H,3H2,1-2H3,(H,22,25)(H,20,21,23). The fourth-order valence-electron chi connectivity index (χ4n) is 3.19. The van der Waals surface area contributed by atoms with Gasteiger partial charge in [0, 0.05) is 34.0 Å². The Morgan fingerprint density at radius 1 is 1.23 bits per heavy atom. The fourth-order valence-corrected chi connectivity index (χ4v) is 3.90. The number of hydrogen-bond donors (Lipinski definition) is 2. The van der Waals surface area contributed by atoms with Gasteiger partial charge in [-0.05, 0) is 38.1 Å². The number of rotatable bonds is 5. The molecule has 0 saturated carbocycles. The minimum atomic E-state index is -0.282. The highest BCUT2D eigenvalue weighted by atomic mass is 32.2. The molecule has 4 rings (SSSR count). The maximum Gasteiger partial charge on any atom is 0.237 e. The number of amides is 1. The van der Waals surface area contributed by atoms with Crippen molar-refractivity contribution in [2.24, 2.45) is 0 Å². The summed E-state index contributed by atoms with van der Waals surface area (Å²) in [6.45, 7) is 4.90. The molecule has 2 aromatic carbocycles. The van der Waals surface area contributed by atoms with E-state index in [0.717, 1.165) is 17.6 Å². The molecule has 0 bridgehead atoms. The molecular weight excluding hydrogens is 346 g/mol. The number of H-pyrrole nitrogens is 1. The summed E-state index contributed by atoms with van der Waals surface area (Å²) < 4.78 is 2.29. The summed E-state index contributed by atoms with van der Waals surface area (Å²) in [5.74, 6) is -0.0648. The molecule has 132 valence electrons. The van der Waals surface area contributed by atoms with Crippen LogP contribution < -0.4 is 5.32 Å². The molecule has 0 radical (unpaired) electrons. The molecule has 0 fully saturated rings. The number of benzene rings is 2. The normalized spacial score (nSPS) is 12.5. The highest BCUT2D eigenvalue weighted by Crippen LogP contribution is 2.31. The lowest BCUT2D eigenvalue weighted by molar-refractivity contribution is -0.115. The number of nitrogens with zero attached hydrogens (tertiary/aromatic N) is 3. The Bertz CT molecular complexity index is 1070. The third-order valence-corrected chi connectivity index (χ3v) is 5.39. The molecule has 0 saturated heterocycles. The number of para-hydroxylation sites is 1. The fraction of sp³-hybridized carbons (Fsp3) is 0.211. The summed E-state index contributed by atoms with van der Waals surface area (Å²) in [4.78, 5) is 16.5. The van der Waals surface area contributed by atoms with Crippen LogP contribution in [0.2, 0.25) is 0 Å². The van der Waals surface area contributed by atoms with Gasteiger partial charge in [-0.2, -0.15) is 5.10 Å². The Hall–Kier alpha value is -2.80. The number of aryl methyl sites for hydroxylation is 1. The van der Waals surface area contributed by atoms with Crippen LogP contribution in [0, 0.1) is 0 Å². The van der Waals surface area contributed by atoms with Crippen molar-refractivity contribution < 1.29 is 4.79 Å². The average molecular weight is 365 g/mol. The first-order valence-electron chi connectivity index (χ1n) is 8.51. The van der Waals surface area contributed by atoms with Gasteiger partial charge in [0.05, 0.1) is 5.25 Å². The largest absolute Gasteiger partial charge is 0.341 e. The van der Waals surface area contributed by atoms with Crippen molar-refractivity contribution >= 4 is 45.2 Å². The van der Waals surface area contributed by atoms with E-state index in [1.54, 1.807) is 0 Å². The van der Waals surface area contributed by atoms with Crippen molar-refractivity contribution in [3.8, 4) is 0 Å². The predicted octanol–water partition coefficient (Wildman–Crippen LogP) is 4.05. The molecule has 0 aliphatic carbocycles. The van der Waals surface area contributed by atoms with E-state index in [1.165, 1.54) is 34.5 Å². The van der Waals surface area contributed by atoms with E-state index in [2.05, 4.69) is 56.3 Å². The second-order valence-corrected chi connectivity index (χ2v) is 7.36. The Labute approximate surface area is 155 Å². The Balaban J connectivity index is 1.63. The molecule has 26 heavy (non-hydrogen) atoms. The number of hydrogen-bond acceptors (Lipinski definition) is 4. The quantitative estimate of drug-likeness (QED) is 0.523. The number of anilines is 1. The first-order chi connectivity index (χ1) is 12.7. The highest BCUT2D eigenvalue weighted by molar-refractivity contribution is 8.00. The number of aromatic amines is 1. The van der Waals surface area contributed by atoms with Crippen molar-refractivity contribution in [1.29, 1.82) is 0 Å². The van der Waals surface area contributed by atoms with Crippen molar-refractivity contribution in [2.45, 2.75) is 30.8 Å². The lowest BCUT2D eigenvalue weighted by Gasteiger charge is -2.11. The zero-order valence-corrected chi connectivity index (χ0v) is 15.4. The number of thioether (sulfide) groups is 1. The van der Waals surface area contributed by atoms with Gasteiger partial charge < -0.3 is 9.88 Å². The Morgan fingerprint density at radius 2 is 2.04 bits per heavy atom. The maximum absolute atomic E-state index is 12.5. The van der Waals surface area contributed by atoms with Crippen LogP contribution in [0.15, 0.2) is 53.9 Å². The average Bonchev–Trinajstić information content (AvgIpc) is 3.27. The van der Waals surface area contributed by atoms with Crippen LogP contribution in [0.25, 0.3) is 21.8 Å². The van der Waals surface area contributed by atoms with Gasteiger partial charge in [0.1, 0.15) is 6.33 Å². The maximum atomic E-state index is 12.5. The molecule has 2 aromatic heterocycles. The number of fused-ring (bicyclic) bond motifs is 3. The highest BCUT2D eigenvalue weighted by Gasteiger charge is 2.17. The van der Waals surface area contributed by atoms with Gasteiger partial charge in [0.2, 0.25) is 5.91 Å². The van der Waals surface area contributed by atoms with Gasteiger partial charge in [-0.25, -0.2) is 4.98 Å². The Kier molecular flexibility index (Phi) is 4.38. The van der Waals surface area contributed by atoms with E-state index in [1.807, 2.05) is 25.1 Å². The van der Waals surface area contributed by atoms with Gasteiger partial charge in [-0.1, -0.05) is 30.0 Å². The van der Waals surface area contributed by atoms with Crippen LogP contribution in [-0.2, 0) is 11.3 Å². The van der Waals surface area contributed by atoms with E-state index in [-0.39, 0.29) is 11.2 Å². The van der Waals surface area contributed by atoms with Gasteiger partial charge in [0.15, 0.2) is 5.16 Å². The topological polar surface area (TPSA) is 75.6 Å². The van der Waals surface area contributed by atoms with Gasteiger partial charge in [-0.15, -0.1) is 0 Å². The molecular formula is C19H19N5OS. The molecule has 4 aromatic rings. The van der Waals surface area contributed by atoms with E-state index in [4.69, 9.17) is 0 Å². The van der Waals surface area contributed by atoms with Crippen LogP contribution in [0.1, 0.15) is 13.8 Å². The molecule has 0 spiro atoms. The Morgan fingerprint density at radius 3 is 2.81 bits per heavy atom. The van der Waals surface area contributed by atoms with Crippen LogP contribution in [0.4, 0.5) is 5.69 Å². The number of carbonyl (C=O) groups excluding carboxylic acids is 1. The molecule has 7 heteroatoms. The molecule has 0 aliphatic rings. The summed E-state index contributed by atoms with van der Waals surface area (Å²) >= 11 is 1.35. The van der Waals surface area contributed by atoms with Gasteiger partial charge in [-0.3, -0.25) is 9.89 Å². The SMILES string of the molecule is CCn1c2ccccc2c2cc(NC(=O)C(C)Sc3ncn[nH]3)ccc21. The lowest BCUT2D eigenvalue weighted by atomic mass is 10.1. The van der Waals surface area contributed by atoms with Crippen molar-refractivity contribution in [2.75, 3.05) is 5.32 Å². The van der Waals surface area contributed by atoms with Crippen LogP contribution in [0.5, 0.6) is 0 Å². The van der Waals surface area contributed by atoms with E-state index < -0.39 is 0 Å². The molecule has 1 amide bonds. The number of carbonyl (C=O) groups is 1. The molecule has 0 aliphatic heterocycles. The summed E-state index contributed by atoms with van der Waals surface area (Å²) in [7, 11) is 0. The van der Waals surface area contributed by atoms with Crippen LogP contribution in [-0.4, -0.2) is 30.9 Å². The number of nitrogens with one attached hydrogen (secondary N) is 2. The van der Waals surface area contributed by atoms with E-state index in [0.29, 0.717) is 5.16 Å². The molecule has 1 unspecified atom stereocenters. The molecule has 1 atom stereocenters.